The van der Waals surface area contributed by atoms with Gasteiger partial charge in [0.25, 0.3) is 5.91 Å². The molecule has 0 radical (unpaired) electrons. The normalized spacial score (nSPS) is 15.3. The molecule has 2 aromatic heterocycles. The lowest BCUT2D eigenvalue weighted by Crippen LogP contribution is -2.31. The van der Waals surface area contributed by atoms with Gasteiger partial charge in [0.15, 0.2) is 0 Å². The lowest BCUT2D eigenvalue weighted by Gasteiger charge is -2.20. The van der Waals surface area contributed by atoms with Gasteiger partial charge in [-0.2, -0.15) is 5.10 Å². The van der Waals surface area contributed by atoms with Crippen LogP contribution in [0.25, 0.3) is 11.0 Å². The minimum atomic E-state index is -0.388. The first-order valence-corrected chi connectivity index (χ1v) is 9.24. The first kappa shape index (κ1) is 17.3. The summed E-state index contributed by atoms with van der Waals surface area (Å²) in [5, 5.41) is 7.41. The van der Waals surface area contributed by atoms with Crippen molar-refractivity contribution in [3.63, 3.8) is 0 Å². The molecule has 0 bridgehead atoms. The van der Waals surface area contributed by atoms with Gasteiger partial charge in [-0.15, -0.1) is 0 Å². The second-order valence-corrected chi connectivity index (χ2v) is 7.05. The SMILES string of the molecule is CC(NC(=O)c1c[nH]c2c(cnn2C)c1=O)c1cccc(N2CCCC2)c1. The fraction of sp³-hybridized carbons (Fsp3) is 0.350. The highest BCUT2D eigenvalue weighted by molar-refractivity contribution is 5.96. The minimum Gasteiger partial charge on any atom is -0.372 e. The van der Waals surface area contributed by atoms with Crippen LogP contribution < -0.4 is 15.6 Å². The van der Waals surface area contributed by atoms with E-state index < -0.39 is 0 Å². The van der Waals surface area contributed by atoms with Gasteiger partial charge in [-0.1, -0.05) is 12.1 Å². The standard InChI is InChI=1S/C20H23N5O2/c1-13(14-6-5-7-15(10-14)25-8-3-4-9-25)23-20(27)17-11-21-19-16(18(17)26)12-22-24(19)2/h5-7,10-13H,3-4,8-9H2,1-2H3,(H,21,26)(H,23,27). The van der Waals surface area contributed by atoms with Crippen molar-refractivity contribution in [1.82, 2.24) is 20.1 Å². The molecule has 2 N–H and O–H groups in total. The Hall–Kier alpha value is -3.09. The Kier molecular flexibility index (Phi) is 4.43. The number of hydrogen-bond acceptors (Lipinski definition) is 4. The molecule has 27 heavy (non-hydrogen) atoms. The second-order valence-electron chi connectivity index (χ2n) is 7.05. The van der Waals surface area contributed by atoms with Crippen LogP contribution in [0.5, 0.6) is 0 Å². The van der Waals surface area contributed by atoms with Gasteiger partial charge in [0.1, 0.15) is 11.2 Å². The van der Waals surface area contributed by atoms with Crippen LogP contribution in [-0.2, 0) is 7.05 Å². The summed E-state index contributed by atoms with van der Waals surface area (Å²) in [6, 6.07) is 8.03. The number of hydrogen-bond donors (Lipinski definition) is 2. The third-order valence-electron chi connectivity index (χ3n) is 5.21. The number of fused-ring (bicyclic) bond motifs is 1. The average molecular weight is 365 g/mol. The summed E-state index contributed by atoms with van der Waals surface area (Å²) >= 11 is 0. The van der Waals surface area contributed by atoms with Crippen molar-refractivity contribution in [3.05, 3.63) is 58.0 Å². The topological polar surface area (TPSA) is 83.0 Å². The largest absolute Gasteiger partial charge is 0.372 e. The molecule has 1 aliphatic heterocycles. The number of aromatic nitrogens is 3. The maximum absolute atomic E-state index is 12.7. The van der Waals surface area contributed by atoms with Crippen LogP contribution in [-0.4, -0.2) is 33.8 Å². The molecule has 1 amide bonds. The number of aryl methyl sites for hydroxylation is 1. The molecule has 0 aliphatic carbocycles. The zero-order valence-electron chi connectivity index (χ0n) is 15.5. The Morgan fingerprint density at radius 3 is 2.85 bits per heavy atom. The Morgan fingerprint density at radius 1 is 1.30 bits per heavy atom. The van der Waals surface area contributed by atoms with E-state index in [1.165, 1.54) is 30.9 Å². The molecule has 1 aliphatic rings. The van der Waals surface area contributed by atoms with Crippen LogP contribution in [0.1, 0.15) is 41.7 Å². The predicted molar refractivity (Wildman–Crippen MR) is 105 cm³/mol. The maximum Gasteiger partial charge on any atom is 0.257 e. The smallest absolute Gasteiger partial charge is 0.257 e. The van der Waals surface area contributed by atoms with Crippen molar-refractivity contribution in [3.8, 4) is 0 Å². The number of nitrogens with one attached hydrogen (secondary N) is 2. The van der Waals surface area contributed by atoms with Gasteiger partial charge in [-0.25, -0.2) is 0 Å². The molecule has 1 saturated heterocycles. The van der Waals surface area contributed by atoms with E-state index >= 15 is 0 Å². The number of nitrogens with zero attached hydrogens (tertiary/aromatic N) is 3. The van der Waals surface area contributed by atoms with E-state index in [2.05, 4.69) is 32.4 Å². The minimum absolute atomic E-state index is 0.0954. The van der Waals surface area contributed by atoms with Gasteiger partial charge < -0.3 is 15.2 Å². The van der Waals surface area contributed by atoms with E-state index in [1.54, 1.807) is 11.7 Å². The number of benzene rings is 1. The van der Waals surface area contributed by atoms with Gasteiger partial charge in [0, 0.05) is 32.0 Å². The van der Waals surface area contributed by atoms with E-state index in [0.29, 0.717) is 11.0 Å². The lowest BCUT2D eigenvalue weighted by atomic mass is 10.1. The van der Waals surface area contributed by atoms with Crippen molar-refractivity contribution in [1.29, 1.82) is 0 Å². The van der Waals surface area contributed by atoms with Gasteiger partial charge in [0.2, 0.25) is 5.43 Å². The van der Waals surface area contributed by atoms with E-state index in [1.807, 2.05) is 19.1 Å². The predicted octanol–water partition coefficient (Wildman–Crippen LogP) is 2.35. The van der Waals surface area contributed by atoms with E-state index in [-0.39, 0.29) is 22.9 Å². The Morgan fingerprint density at radius 2 is 2.07 bits per heavy atom. The zero-order chi connectivity index (χ0) is 19.0. The number of rotatable bonds is 4. The molecule has 3 heterocycles. The first-order valence-electron chi connectivity index (χ1n) is 9.24. The maximum atomic E-state index is 12.7. The fourth-order valence-electron chi connectivity index (χ4n) is 3.62. The first-order chi connectivity index (χ1) is 13.0. The summed E-state index contributed by atoms with van der Waals surface area (Å²) in [4.78, 5) is 30.6. The fourth-order valence-corrected chi connectivity index (χ4v) is 3.62. The molecule has 140 valence electrons. The molecule has 7 nitrogen and oxygen atoms in total. The summed E-state index contributed by atoms with van der Waals surface area (Å²) in [7, 11) is 1.74. The number of H-pyrrole nitrogens is 1. The summed E-state index contributed by atoms with van der Waals surface area (Å²) in [5.74, 6) is -0.388. The van der Waals surface area contributed by atoms with Gasteiger partial charge in [-0.3, -0.25) is 14.3 Å². The van der Waals surface area contributed by atoms with Crippen LogP contribution >= 0.6 is 0 Å². The van der Waals surface area contributed by atoms with Crippen molar-refractivity contribution in [2.45, 2.75) is 25.8 Å². The monoisotopic (exact) mass is 365 g/mol. The molecular weight excluding hydrogens is 342 g/mol. The number of carbonyl (C=O) groups excluding carboxylic acids is 1. The zero-order valence-corrected chi connectivity index (χ0v) is 15.5. The van der Waals surface area contributed by atoms with E-state index in [0.717, 1.165) is 18.7 Å². The van der Waals surface area contributed by atoms with Crippen molar-refractivity contribution < 1.29 is 4.79 Å². The van der Waals surface area contributed by atoms with Gasteiger partial charge in [-0.05, 0) is 37.5 Å². The number of amides is 1. The Balaban J connectivity index is 1.55. The van der Waals surface area contributed by atoms with Crippen LogP contribution in [0.2, 0.25) is 0 Å². The van der Waals surface area contributed by atoms with Gasteiger partial charge >= 0.3 is 0 Å². The molecule has 1 fully saturated rings. The number of aromatic amines is 1. The molecule has 3 aromatic rings. The van der Waals surface area contributed by atoms with E-state index in [9.17, 15) is 9.59 Å². The lowest BCUT2D eigenvalue weighted by molar-refractivity contribution is 0.0938. The highest BCUT2D eigenvalue weighted by Gasteiger charge is 2.18. The second kappa shape index (κ2) is 6.90. The van der Waals surface area contributed by atoms with Crippen LogP contribution in [0.15, 0.2) is 41.5 Å². The molecular formula is C20H23N5O2. The van der Waals surface area contributed by atoms with Crippen molar-refractivity contribution in [2.24, 2.45) is 7.05 Å². The molecule has 1 unspecified atom stereocenters. The summed E-state index contributed by atoms with van der Waals surface area (Å²) in [5.41, 5.74) is 2.58. The highest BCUT2D eigenvalue weighted by Crippen LogP contribution is 2.24. The van der Waals surface area contributed by atoms with Crippen molar-refractivity contribution >= 4 is 22.6 Å². The highest BCUT2D eigenvalue weighted by atomic mass is 16.2. The van der Waals surface area contributed by atoms with Gasteiger partial charge in [0.05, 0.1) is 17.6 Å². The van der Waals surface area contributed by atoms with Crippen LogP contribution in [0, 0.1) is 0 Å². The Bertz CT molecular complexity index is 1050. The van der Waals surface area contributed by atoms with Crippen molar-refractivity contribution in [2.75, 3.05) is 18.0 Å². The molecule has 1 atom stereocenters. The summed E-state index contributed by atoms with van der Waals surface area (Å²) in [6.45, 7) is 4.08. The summed E-state index contributed by atoms with van der Waals surface area (Å²) < 4.78 is 1.57. The summed E-state index contributed by atoms with van der Waals surface area (Å²) in [6.07, 6.45) is 5.37. The Labute approximate surface area is 157 Å². The third kappa shape index (κ3) is 3.20. The molecule has 7 heteroatoms. The third-order valence-corrected chi connectivity index (χ3v) is 5.21. The molecule has 1 aromatic carbocycles. The van der Waals surface area contributed by atoms with E-state index in [4.69, 9.17) is 0 Å². The number of anilines is 1. The molecule has 4 rings (SSSR count). The number of carbonyl (C=O) groups is 1. The quantitative estimate of drug-likeness (QED) is 0.743. The van der Waals surface area contributed by atoms with Crippen LogP contribution in [0.3, 0.4) is 0 Å². The average Bonchev–Trinajstić information content (AvgIpc) is 3.33. The molecule has 0 saturated carbocycles. The number of pyridine rings is 1. The van der Waals surface area contributed by atoms with Crippen LogP contribution in [0.4, 0.5) is 5.69 Å². The molecule has 0 spiro atoms.